The summed E-state index contributed by atoms with van der Waals surface area (Å²) in [5, 5.41) is 3.30. The molecule has 5 nitrogen and oxygen atoms in total. The second kappa shape index (κ2) is 6.38. The number of nitrogens with one attached hydrogen (secondary N) is 1. The molecule has 1 N–H and O–H groups in total. The van der Waals surface area contributed by atoms with Crippen LogP contribution < -0.4 is 5.32 Å². The molecule has 2 rings (SSSR count). The van der Waals surface area contributed by atoms with E-state index in [0.29, 0.717) is 6.04 Å². The van der Waals surface area contributed by atoms with Gasteiger partial charge in [0.05, 0.1) is 0 Å². The van der Waals surface area contributed by atoms with Crippen molar-refractivity contribution in [1.82, 2.24) is 20.0 Å². The van der Waals surface area contributed by atoms with Crippen LogP contribution in [0.5, 0.6) is 0 Å². The van der Waals surface area contributed by atoms with Gasteiger partial charge in [0.15, 0.2) is 0 Å². The minimum Gasteiger partial charge on any atom is -0.322 e. The van der Waals surface area contributed by atoms with E-state index in [1.165, 1.54) is 0 Å². The fraction of sp³-hybridized carbons (Fsp3) is 0.923. The lowest BCUT2D eigenvalue weighted by molar-refractivity contribution is 0.125. The van der Waals surface area contributed by atoms with Crippen LogP contribution in [0.4, 0.5) is 4.79 Å². The average molecular weight is 254 g/mol. The number of rotatable bonds is 1. The monoisotopic (exact) mass is 254 g/mol. The Morgan fingerprint density at radius 3 is 2.61 bits per heavy atom. The lowest BCUT2D eigenvalue weighted by Gasteiger charge is -2.36. The first-order chi connectivity index (χ1) is 8.72. The molecule has 2 saturated heterocycles. The standard InChI is InChI=1S/C13H26N4O/c1-3-12-11-15(2)7-4-8-17(12)13(18)16-9-5-14-6-10-16/h12,14H,3-11H2,1-2H3. The zero-order chi connectivity index (χ0) is 13.0. The topological polar surface area (TPSA) is 38.8 Å². The molecule has 0 spiro atoms. The molecule has 0 bridgehead atoms. The lowest BCUT2D eigenvalue weighted by atomic mass is 10.2. The summed E-state index contributed by atoms with van der Waals surface area (Å²) in [4.78, 5) is 19.0. The third-order valence-corrected chi connectivity index (χ3v) is 4.01. The third-order valence-electron chi connectivity index (χ3n) is 4.01. The molecule has 0 aromatic rings. The third kappa shape index (κ3) is 3.14. The number of hydrogen-bond acceptors (Lipinski definition) is 3. The van der Waals surface area contributed by atoms with Crippen LogP contribution in [0.15, 0.2) is 0 Å². The van der Waals surface area contributed by atoms with Gasteiger partial charge < -0.3 is 20.0 Å². The zero-order valence-corrected chi connectivity index (χ0v) is 11.7. The summed E-state index contributed by atoms with van der Waals surface area (Å²) in [6.45, 7) is 8.75. The molecule has 0 aromatic carbocycles. The molecule has 2 heterocycles. The molecule has 1 atom stereocenters. The van der Waals surface area contributed by atoms with Crippen molar-refractivity contribution in [2.75, 3.05) is 52.9 Å². The molecule has 104 valence electrons. The molecule has 0 aliphatic carbocycles. The van der Waals surface area contributed by atoms with Crippen molar-refractivity contribution >= 4 is 6.03 Å². The van der Waals surface area contributed by atoms with Gasteiger partial charge in [-0.3, -0.25) is 0 Å². The van der Waals surface area contributed by atoms with Crippen LogP contribution >= 0.6 is 0 Å². The quantitative estimate of drug-likeness (QED) is 0.737. The van der Waals surface area contributed by atoms with E-state index in [2.05, 4.69) is 29.1 Å². The highest BCUT2D eigenvalue weighted by molar-refractivity contribution is 5.75. The Bertz CT molecular complexity index is 278. The minimum atomic E-state index is 0.249. The maximum Gasteiger partial charge on any atom is 0.320 e. The summed E-state index contributed by atoms with van der Waals surface area (Å²) >= 11 is 0. The molecule has 18 heavy (non-hydrogen) atoms. The maximum atomic E-state index is 12.6. The summed E-state index contributed by atoms with van der Waals surface area (Å²) in [5.41, 5.74) is 0. The molecule has 0 saturated carbocycles. The summed E-state index contributed by atoms with van der Waals surface area (Å²) in [7, 11) is 2.15. The van der Waals surface area contributed by atoms with Gasteiger partial charge in [0, 0.05) is 45.3 Å². The van der Waals surface area contributed by atoms with Crippen molar-refractivity contribution in [2.24, 2.45) is 0 Å². The number of carbonyl (C=O) groups is 1. The molecule has 0 radical (unpaired) electrons. The van der Waals surface area contributed by atoms with Gasteiger partial charge in [0.1, 0.15) is 0 Å². The van der Waals surface area contributed by atoms with E-state index in [4.69, 9.17) is 0 Å². The lowest BCUT2D eigenvalue weighted by Crippen LogP contribution is -2.54. The Morgan fingerprint density at radius 1 is 1.22 bits per heavy atom. The molecular formula is C13H26N4O. The van der Waals surface area contributed by atoms with Crippen molar-refractivity contribution in [3.63, 3.8) is 0 Å². The van der Waals surface area contributed by atoms with E-state index in [9.17, 15) is 4.79 Å². The Labute approximate surface area is 110 Å². The fourth-order valence-electron chi connectivity index (χ4n) is 2.88. The molecule has 0 aromatic heterocycles. The average Bonchev–Trinajstić information content (AvgIpc) is 2.60. The molecule has 2 aliphatic rings. The van der Waals surface area contributed by atoms with Gasteiger partial charge in [-0.2, -0.15) is 0 Å². The summed E-state index contributed by atoms with van der Waals surface area (Å²) in [5.74, 6) is 0. The first-order valence-corrected chi connectivity index (χ1v) is 7.17. The largest absolute Gasteiger partial charge is 0.322 e. The SMILES string of the molecule is CCC1CN(C)CCCN1C(=O)N1CCNCC1. The molecule has 2 fully saturated rings. The highest BCUT2D eigenvalue weighted by Gasteiger charge is 2.29. The first-order valence-electron chi connectivity index (χ1n) is 7.17. The summed E-state index contributed by atoms with van der Waals surface area (Å²) in [6, 6.07) is 0.624. The zero-order valence-electron chi connectivity index (χ0n) is 11.7. The first kappa shape index (κ1) is 13.6. The second-order valence-corrected chi connectivity index (χ2v) is 5.39. The van der Waals surface area contributed by atoms with Crippen molar-refractivity contribution in [1.29, 1.82) is 0 Å². The van der Waals surface area contributed by atoms with E-state index in [1.54, 1.807) is 0 Å². The van der Waals surface area contributed by atoms with Crippen LogP contribution in [0, 0.1) is 0 Å². The number of likely N-dealkylation sites (N-methyl/N-ethyl adjacent to an activating group) is 1. The van der Waals surface area contributed by atoms with Crippen LogP contribution in [0.25, 0.3) is 0 Å². The number of amides is 2. The van der Waals surface area contributed by atoms with Crippen LogP contribution in [0.1, 0.15) is 19.8 Å². The van der Waals surface area contributed by atoms with Crippen molar-refractivity contribution < 1.29 is 4.79 Å². The number of hydrogen-bond donors (Lipinski definition) is 1. The van der Waals surface area contributed by atoms with Gasteiger partial charge in [-0.25, -0.2) is 4.79 Å². The molecule has 1 unspecified atom stereocenters. The maximum absolute atomic E-state index is 12.6. The second-order valence-electron chi connectivity index (χ2n) is 5.39. The van der Waals surface area contributed by atoms with E-state index < -0.39 is 0 Å². The van der Waals surface area contributed by atoms with Crippen LogP contribution in [-0.2, 0) is 0 Å². The van der Waals surface area contributed by atoms with Crippen molar-refractivity contribution in [3.8, 4) is 0 Å². The summed E-state index contributed by atoms with van der Waals surface area (Å²) < 4.78 is 0. The van der Waals surface area contributed by atoms with Gasteiger partial charge in [0.25, 0.3) is 0 Å². The van der Waals surface area contributed by atoms with Crippen LogP contribution in [0.2, 0.25) is 0 Å². The van der Waals surface area contributed by atoms with Gasteiger partial charge in [-0.15, -0.1) is 0 Å². The fourth-order valence-corrected chi connectivity index (χ4v) is 2.88. The smallest absolute Gasteiger partial charge is 0.320 e. The highest BCUT2D eigenvalue weighted by Crippen LogP contribution is 2.14. The number of nitrogens with zero attached hydrogens (tertiary/aromatic N) is 3. The van der Waals surface area contributed by atoms with Crippen molar-refractivity contribution in [2.45, 2.75) is 25.8 Å². The van der Waals surface area contributed by atoms with E-state index in [1.807, 2.05) is 4.90 Å². The van der Waals surface area contributed by atoms with Crippen molar-refractivity contribution in [3.05, 3.63) is 0 Å². The van der Waals surface area contributed by atoms with E-state index >= 15 is 0 Å². The summed E-state index contributed by atoms with van der Waals surface area (Å²) in [6.07, 6.45) is 2.13. The predicted octanol–water partition coefficient (Wildman–Crippen LogP) is 0.428. The van der Waals surface area contributed by atoms with Crippen LogP contribution in [0.3, 0.4) is 0 Å². The van der Waals surface area contributed by atoms with Crippen LogP contribution in [-0.4, -0.2) is 79.6 Å². The number of piperazine rings is 1. The van der Waals surface area contributed by atoms with E-state index in [-0.39, 0.29) is 6.03 Å². The molecular weight excluding hydrogens is 228 g/mol. The van der Waals surface area contributed by atoms with E-state index in [0.717, 1.165) is 58.7 Å². The Balaban J connectivity index is 2.01. The van der Waals surface area contributed by atoms with Gasteiger partial charge in [0.2, 0.25) is 0 Å². The minimum absolute atomic E-state index is 0.249. The number of urea groups is 1. The molecule has 5 heteroatoms. The predicted molar refractivity (Wildman–Crippen MR) is 72.7 cm³/mol. The Morgan fingerprint density at radius 2 is 1.94 bits per heavy atom. The van der Waals surface area contributed by atoms with Gasteiger partial charge >= 0.3 is 6.03 Å². The highest BCUT2D eigenvalue weighted by atomic mass is 16.2. The number of carbonyl (C=O) groups excluding carboxylic acids is 1. The molecule has 2 aliphatic heterocycles. The normalized spacial score (nSPS) is 27.1. The van der Waals surface area contributed by atoms with Gasteiger partial charge in [-0.05, 0) is 26.4 Å². The van der Waals surface area contributed by atoms with Gasteiger partial charge in [-0.1, -0.05) is 6.92 Å². The Kier molecular flexibility index (Phi) is 4.83. The Hall–Kier alpha value is -0.810. The molecule has 2 amide bonds.